The predicted molar refractivity (Wildman–Crippen MR) is 81.1 cm³/mol. The van der Waals surface area contributed by atoms with Crippen molar-refractivity contribution in [2.45, 2.75) is 13.0 Å². The Kier molecular flexibility index (Phi) is 7.18. The van der Waals surface area contributed by atoms with Crippen LogP contribution in [-0.4, -0.2) is 45.7 Å². The molecule has 0 spiro atoms. The minimum atomic E-state index is -0.714. The zero-order chi connectivity index (χ0) is 15.8. The van der Waals surface area contributed by atoms with Crippen molar-refractivity contribution in [3.8, 4) is 11.5 Å². The summed E-state index contributed by atoms with van der Waals surface area (Å²) in [5, 5.41) is 2.68. The van der Waals surface area contributed by atoms with Gasteiger partial charge in [0.1, 0.15) is 6.29 Å². The average Bonchev–Trinajstić information content (AvgIpc) is 2.48. The van der Waals surface area contributed by atoms with E-state index in [0.29, 0.717) is 41.0 Å². The number of hydrogen-bond acceptors (Lipinski definition) is 5. The summed E-state index contributed by atoms with van der Waals surface area (Å²) in [7, 11) is 3.02. The molecule has 1 amide bonds. The van der Waals surface area contributed by atoms with E-state index in [9.17, 15) is 9.59 Å². The minimum Gasteiger partial charge on any atom is -0.493 e. The fourth-order valence-corrected chi connectivity index (χ4v) is 2.13. The molecule has 0 saturated carbocycles. The fraction of sp³-hybridized carbons (Fsp3) is 0.429. The Morgan fingerprint density at radius 2 is 2.14 bits per heavy atom. The van der Waals surface area contributed by atoms with Crippen molar-refractivity contribution >= 4 is 28.1 Å². The first-order valence-corrected chi connectivity index (χ1v) is 7.08. The van der Waals surface area contributed by atoms with Crippen LogP contribution in [0.3, 0.4) is 0 Å². The lowest BCUT2D eigenvalue weighted by Gasteiger charge is -2.18. The summed E-state index contributed by atoms with van der Waals surface area (Å²) < 4.78 is 16.2. The average molecular weight is 360 g/mol. The predicted octanol–water partition coefficient (Wildman–Crippen LogP) is 1.80. The lowest BCUT2D eigenvalue weighted by Crippen LogP contribution is -2.38. The van der Waals surface area contributed by atoms with Crippen LogP contribution in [0.2, 0.25) is 0 Å². The molecule has 1 aromatic carbocycles. The quantitative estimate of drug-likeness (QED) is 0.565. The van der Waals surface area contributed by atoms with E-state index in [1.165, 1.54) is 7.11 Å². The van der Waals surface area contributed by atoms with Crippen molar-refractivity contribution < 1.29 is 23.8 Å². The summed E-state index contributed by atoms with van der Waals surface area (Å²) in [6.07, 6.45) is -0.00747. The second kappa shape index (κ2) is 8.63. The normalized spacial score (nSPS) is 11.6. The molecule has 1 atom stereocenters. The van der Waals surface area contributed by atoms with E-state index in [0.717, 1.165) is 0 Å². The zero-order valence-corrected chi connectivity index (χ0v) is 13.7. The molecule has 0 fully saturated rings. The lowest BCUT2D eigenvalue weighted by molar-refractivity contribution is -0.127. The Bertz CT molecular complexity index is 506. The third kappa shape index (κ3) is 5.02. The van der Waals surface area contributed by atoms with Crippen LogP contribution >= 0.6 is 15.9 Å². The summed E-state index contributed by atoms with van der Waals surface area (Å²) in [4.78, 5) is 22.7. The molecule has 0 aliphatic rings. The highest BCUT2D eigenvalue weighted by Gasteiger charge is 2.19. The van der Waals surface area contributed by atoms with Gasteiger partial charge in [-0.25, -0.2) is 0 Å². The number of halogens is 1. The Morgan fingerprint density at radius 1 is 1.43 bits per heavy atom. The van der Waals surface area contributed by atoms with Crippen molar-refractivity contribution in [2.24, 2.45) is 0 Å². The maximum Gasteiger partial charge on any atom is 0.260 e. The van der Waals surface area contributed by atoms with Crippen LogP contribution in [0.4, 0.5) is 0 Å². The molecule has 6 nitrogen and oxygen atoms in total. The van der Waals surface area contributed by atoms with Crippen LogP contribution in [0.15, 0.2) is 16.6 Å². The van der Waals surface area contributed by atoms with E-state index in [1.54, 1.807) is 26.2 Å². The number of carbonyl (C=O) groups is 2. The van der Waals surface area contributed by atoms with Gasteiger partial charge >= 0.3 is 0 Å². The van der Waals surface area contributed by atoms with Crippen molar-refractivity contribution in [2.75, 3.05) is 27.4 Å². The summed E-state index contributed by atoms with van der Waals surface area (Å²) in [5.74, 6) is 0.487. The largest absolute Gasteiger partial charge is 0.493 e. The molecule has 116 valence electrons. The van der Waals surface area contributed by atoms with E-state index in [-0.39, 0.29) is 5.91 Å². The summed E-state index contributed by atoms with van der Waals surface area (Å²) in [6.45, 7) is 2.46. The molecule has 0 heterocycles. The lowest BCUT2D eigenvalue weighted by atomic mass is 10.2. The molecular formula is C14H18BrNO5. The second-order valence-corrected chi connectivity index (χ2v) is 5.05. The van der Waals surface area contributed by atoms with Gasteiger partial charge < -0.3 is 19.5 Å². The molecule has 21 heavy (non-hydrogen) atoms. The van der Waals surface area contributed by atoms with Crippen LogP contribution in [0.1, 0.15) is 17.3 Å². The van der Waals surface area contributed by atoms with Gasteiger partial charge in [-0.15, -0.1) is 0 Å². The Hall–Kier alpha value is -1.60. The molecule has 0 aromatic heterocycles. The highest BCUT2D eigenvalue weighted by molar-refractivity contribution is 9.10. The highest BCUT2D eigenvalue weighted by atomic mass is 79.9. The van der Waals surface area contributed by atoms with Crippen LogP contribution in [-0.2, 0) is 9.53 Å². The number of rotatable bonds is 8. The van der Waals surface area contributed by atoms with Gasteiger partial charge in [-0.05, 0) is 35.0 Å². The number of carbonyl (C=O) groups excluding carboxylic acids is 2. The van der Waals surface area contributed by atoms with Crippen molar-refractivity contribution in [1.29, 1.82) is 0 Å². The number of ether oxygens (including phenoxy) is 3. The third-order valence-corrected chi connectivity index (χ3v) is 3.25. The van der Waals surface area contributed by atoms with Crippen LogP contribution in [0.5, 0.6) is 11.5 Å². The monoisotopic (exact) mass is 359 g/mol. The maximum absolute atomic E-state index is 11.9. The molecule has 1 unspecified atom stereocenters. The zero-order valence-electron chi connectivity index (χ0n) is 12.1. The number of aldehydes is 1. The molecule has 1 N–H and O–H groups in total. The SMILES string of the molecule is COCCNC(=O)C(C)Oc1c(Br)cc(C=O)cc1OC. The van der Waals surface area contributed by atoms with Gasteiger partial charge in [0.2, 0.25) is 0 Å². The Labute approximate surface area is 131 Å². The molecule has 0 radical (unpaired) electrons. The minimum absolute atomic E-state index is 0.263. The first-order chi connectivity index (χ1) is 10.0. The van der Waals surface area contributed by atoms with E-state index in [1.807, 2.05) is 0 Å². The van der Waals surface area contributed by atoms with Gasteiger partial charge in [0.25, 0.3) is 5.91 Å². The van der Waals surface area contributed by atoms with E-state index in [2.05, 4.69) is 21.2 Å². The molecular weight excluding hydrogens is 342 g/mol. The Balaban J connectivity index is 2.81. The molecule has 1 aromatic rings. The molecule has 0 aliphatic carbocycles. The van der Waals surface area contributed by atoms with Crippen molar-refractivity contribution in [3.05, 3.63) is 22.2 Å². The van der Waals surface area contributed by atoms with Gasteiger partial charge in [0, 0.05) is 19.2 Å². The number of nitrogens with one attached hydrogen (secondary N) is 1. The molecule has 0 aliphatic heterocycles. The van der Waals surface area contributed by atoms with Crippen LogP contribution in [0, 0.1) is 0 Å². The second-order valence-electron chi connectivity index (χ2n) is 4.20. The van der Waals surface area contributed by atoms with Gasteiger partial charge in [0.05, 0.1) is 18.2 Å². The standard InChI is InChI=1S/C14H18BrNO5/c1-9(14(18)16-4-5-19-2)21-13-11(15)6-10(8-17)7-12(13)20-3/h6-9H,4-5H2,1-3H3,(H,16,18). The highest BCUT2D eigenvalue weighted by Crippen LogP contribution is 2.36. The molecule has 0 saturated heterocycles. The number of benzene rings is 1. The smallest absolute Gasteiger partial charge is 0.260 e. The third-order valence-electron chi connectivity index (χ3n) is 2.66. The number of hydrogen-bond donors (Lipinski definition) is 1. The first kappa shape index (κ1) is 17.5. The topological polar surface area (TPSA) is 73.9 Å². The molecule has 7 heteroatoms. The fourth-order valence-electron chi connectivity index (χ4n) is 1.57. The van der Waals surface area contributed by atoms with Gasteiger partial charge in [-0.3, -0.25) is 9.59 Å². The van der Waals surface area contributed by atoms with Crippen molar-refractivity contribution in [1.82, 2.24) is 5.32 Å². The Morgan fingerprint density at radius 3 is 2.71 bits per heavy atom. The van der Waals surface area contributed by atoms with Crippen LogP contribution < -0.4 is 14.8 Å². The summed E-state index contributed by atoms with van der Waals surface area (Å²) in [5.41, 5.74) is 0.447. The molecule has 1 rings (SSSR count). The van der Waals surface area contributed by atoms with E-state index in [4.69, 9.17) is 14.2 Å². The van der Waals surface area contributed by atoms with Gasteiger partial charge in [0.15, 0.2) is 17.6 Å². The van der Waals surface area contributed by atoms with E-state index >= 15 is 0 Å². The number of amides is 1. The summed E-state index contributed by atoms with van der Waals surface area (Å²) in [6, 6.07) is 3.14. The maximum atomic E-state index is 11.9. The summed E-state index contributed by atoms with van der Waals surface area (Å²) >= 11 is 3.31. The molecule has 0 bridgehead atoms. The first-order valence-electron chi connectivity index (χ1n) is 6.29. The van der Waals surface area contributed by atoms with Gasteiger partial charge in [-0.2, -0.15) is 0 Å². The number of methoxy groups -OCH3 is 2. The van der Waals surface area contributed by atoms with Gasteiger partial charge in [-0.1, -0.05) is 0 Å². The van der Waals surface area contributed by atoms with E-state index < -0.39 is 6.10 Å². The van der Waals surface area contributed by atoms with Crippen molar-refractivity contribution in [3.63, 3.8) is 0 Å². The van der Waals surface area contributed by atoms with Crippen LogP contribution in [0.25, 0.3) is 0 Å².